The van der Waals surface area contributed by atoms with Crippen molar-refractivity contribution < 1.29 is 33.8 Å². The van der Waals surface area contributed by atoms with Gasteiger partial charge in [-0.3, -0.25) is 19.2 Å². The summed E-state index contributed by atoms with van der Waals surface area (Å²) < 4.78 is 12.2. The van der Waals surface area contributed by atoms with Crippen LogP contribution in [0.15, 0.2) is 85.0 Å². The van der Waals surface area contributed by atoms with E-state index in [9.17, 15) is 24.3 Å². The maximum Gasteiger partial charge on any atom is 0.306 e. The number of nitrogens with one attached hydrogen (secondary N) is 1. The largest absolute Gasteiger partial charge is 0.463 e. The molecule has 2 saturated heterocycles. The molecule has 4 heterocycles. The minimum absolute atomic E-state index is 0.0742. The van der Waals surface area contributed by atoms with Crippen LogP contribution in [0.3, 0.4) is 0 Å². The Balaban J connectivity index is 1.44. The van der Waals surface area contributed by atoms with Crippen LogP contribution in [0.2, 0.25) is 0 Å². The summed E-state index contributed by atoms with van der Waals surface area (Å²) in [6.45, 7) is 2.34. The smallest absolute Gasteiger partial charge is 0.306 e. The molecule has 6 rings (SSSR count). The summed E-state index contributed by atoms with van der Waals surface area (Å²) in [6, 6.07) is 15.8. The van der Waals surface area contributed by atoms with Crippen molar-refractivity contribution in [1.82, 2.24) is 15.1 Å². The number of unbranched alkanes of at least 4 members (excludes halogenated alkanes) is 2. The molecule has 2 fully saturated rings. The van der Waals surface area contributed by atoms with Gasteiger partial charge in [-0.25, -0.2) is 0 Å². The van der Waals surface area contributed by atoms with Crippen molar-refractivity contribution in [2.75, 3.05) is 26.3 Å². The van der Waals surface area contributed by atoms with Gasteiger partial charge in [-0.15, -0.1) is 0 Å². The lowest BCUT2D eigenvalue weighted by atomic mass is 9.74. The SMILES string of the molecule is CCCCCN1C/C=C\CCC(=O)OC[C@H](c2ccccc2)NC(=O)[C@@H]2[C@H]3C(=O)N([C@H](CO)c4ccccc4)[C@H](C1=O)[C@]31C=C[C@H]2O1. The number of carbonyl (C=O) groups is 4. The molecule has 10 nitrogen and oxygen atoms in total. The zero-order valence-electron chi connectivity index (χ0n) is 26.7. The minimum atomic E-state index is -1.39. The van der Waals surface area contributed by atoms with Crippen molar-refractivity contribution in [3.8, 4) is 0 Å². The van der Waals surface area contributed by atoms with Gasteiger partial charge in [0.25, 0.3) is 0 Å². The van der Waals surface area contributed by atoms with Gasteiger partial charge in [0, 0.05) is 19.5 Å². The molecule has 0 aliphatic carbocycles. The van der Waals surface area contributed by atoms with Crippen LogP contribution in [-0.4, -0.2) is 82.6 Å². The molecule has 5 bridgehead atoms. The highest BCUT2D eigenvalue weighted by atomic mass is 16.5. The predicted molar refractivity (Wildman–Crippen MR) is 173 cm³/mol. The second kappa shape index (κ2) is 14.2. The molecule has 3 amide bonds. The predicted octanol–water partition coefficient (Wildman–Crippen LogP) is 3.64. The number of allylic oxidation sites excluding steroid dienone is 1. The Morgan fingerprint density at radius 2 is 1.72 bits per heavy atom. The second-order valence-electron chi connectivity index (χ2n) is 12.7. The first-order chi connectivity index (χ1) is 22.9. The molecule has 2 aromatic carbocycles. The van der Waals surface area contributed by atoms with Crippen molar-refractivity contribution in [2.24, 2.45) is 11.8 Å². The normalized spacial score (nSPS) is 30.6. The topological polar surface area (TPSA) is 125 Å². The zero-order valence-corrected chi connectivity index (χ0v) is 26.7. The number of likely N-dealkylation sites (tertiary alicyclic amines) is 1. The molecule has 47 heavy (non-hydrogen) atoms. The molecule has 2 N–H and O–H groups in total. The fraction of sp³-hybridized carbons (Fsp3) is 0.459. The van der Waals surface area contributed by atoms with Crippen LogP contribution in [0.25, 0.3) is 0 Å². The minimum Gasteiger partial charge on any atom is -0.463 e. The van der Waals surface area contributed by atoms with Gasteiger partial charge >= 0.3 is 5.97 Å². The van der Waals surface area contributed by atoms with Gasteiger partial charge in [0.2, 0.25) is 17.7 Å². The summed E-state index contributed by atoms with van der Waals surface area (Å²) >= 11 is 0. The third kappa shape index (κ3) is 6.24. The van der Waals surface area contributed by atoms with Crippen molar-refractivity contribution in [1.29, 1.82) is 0 Å². The summed E-state index contributed by atoms with van der Waals surface area (Å²) in [5.74, 6) is -3.46. The maximum atomic E-state index is 14.8. The first-order valence-electron chi connectivity index (χ1n) is 16.7. The molecular weight excluding hydrogens is 598 g/mol. The molecule has 2 aromatic rings. The highest BCUT2D eigenvalue weighted by Crippen LogP contribution is 2.57. The van der Waals surface area contributed by atoms with Crippen LogP contribution in [-0.2, 0) is 28.7 Å². The molecule has 0 radical (unpaired) electrons. The molecular formula is C37H43N3O7. The summed E-state index contributed by atoms with van der Waals surface area (Å²) in [5.41, 5.74) is 0.0428. The fourth-order valence-electron chi connectivity index (χ4n) is 7.51. The lowest BCUT2D eigenvalue weighted by Gasteiger charge is -2.39. The molecule has 1 spiro atoms. The van der Waals surface area contributed by atoms with Gasteiger partial charge in [-0.05, 0) is 24.0 Å². The Kier molecular flexibility index (Phi) is 9.89. The fourth-order valence-corrected chi connectivity index (χ4v) is 7.51. The van der Waals surface area contributed by atoms with E-state index < -0.39 is 66.1 Å². The molecule has 7 atom stereocenters. The summed E-state index contributed by atoms with van der Waals surface area (Å²) in [4.78, 5) is 59.7. The second-order valence-corrected chi connectivity index (χ2v) is 12.7. The number of hydrogen-bond acceptors (Lipinski definition) is 7. The van der Waals surface area contributed by atoms with Crippen LogP contribution in [0.4, 0.5) is 0 Å². The van der Waals surface area contributed by atoms with E-state index in [0.29, 0.717) is 18.5 Å². The highest BCUT2D eigenvalue weighted by molar-refractivity contribution is 6.00. The van der Waals surface area contributed by atoms with E-state index in [1.165, 1.54) is 4.90 Å². The molecule has 0 aromatic heterocycles. The maximum absolute atomic E-state index is 14.8. The molecule has 4 aliphatic rings. The number of nitrogens with zero attached hydrogens (tertiary/aromatic N) is 2. The van der Waals surface area contributed by atoms with E-state index in [0.717, 1.165) is 24.8 Å². The monoisotopic (exact) mass is 641 g/mol. The number of aliphatic hydroxyl groups excluding tert-OH is 1. The average Bonchev–Trinajstić information content (AvgIpc) is 3.74. The Morgan fingerprint density at radius 1 is 0.979 bits per heavy atom. The number of esters is 1. The van der Waals surface area contributed by atoms with Gasteiger partial charge in [-0.2, -0.15) is 0 Å². The third-order valence-corrected chi connectivity index (χ3v) is 9.82. The van der Waals surface area contributed by atoms with Gasteiger partial charge in [0.15, 0.2) is 0 Å². The number of rotatable bonds is 8. The van der Waals surface area contributed by atoms with Gasteiger partial charge in [0.1, 0.15) is 18.2 Å². The Bertz CT molecular complexity index is 1510. The number of hydrogen-bond donors (Lipinski definition) is 2. The van der Waals surface area contributed by atoms with E-state index >= 15 is 0 Å². The van der Waals surface area contributed by atoms with E-state index in [-0.39, 0.29) is 25.5 Å². The molecule has 248 valence electrons. The van der Waals surface area contributed by atoms with Crippen LogP contribution in [0.1, 0.15) is 62.2 Å². The van der Waals surface area contributed by atoms with E-state index in [4.69, 9.17) is 9.47 Å². The molecule has 4 aliphatic heterocycles. The van der Waals surface area contributed by atoms with Crippen LogP contribution < -0.4 is 5.32 Å². The molecule has 0 saturated carbocycles. The highest BCUT2D eigenvalue weighted by Gasteiger charge is 2.74. The Hall–Kier alpha value is -4.28. The van der Waals surface area contributed by atoms with Crippen molar-refractivity contribution in [3.63, 3.8) is 0 Å². The van der Waals surface area contributed by atoms with Crippen molar-refractivity contribution >= 4 is 23.7 Å². The quantitative estimate of drug-likeness (QED) is 0.256. The summed E-state index contributed by atoms with van der Waals surface area (Å²) in [7, 11) is 0. The number of fused-ring (bicyclic) bond motifs is 2. The van der Waals surface area contributed by atoms with Crippen molar-refractivity contribution in [2.45, 2.75) is 68.9 Å². The standard InChI is InChI=1S/C37H43N3O7/c1-2-3-12-21-39-22-13-6-11-18-30(42)46-24-27(25-14-7-4-8-15-25)38-34(43)31-29-19-20-37(47-29)32(31)35(44)40(33(37)36(39)45)28(23-41)26-16-9-5-10-17-26/h4-10,13-17,19-20,27-29,31-33,41H,2-3,11-12,18,21-24H2,1H3,(H,38,43)/b13-6-/t27-,28-,29-,31+,32+,33-,37+/m1/s1. The molecule has 0 unspecified atom stereocenters. The third-order valence-electron chi connectivity index (χ3n) is 9.82. The number of benzene rings is 2. The zero-order chi connectivity index (χ0) is 33.0. The summed E-state index contributed by atoms with van der Waals surface area (Å²) in [5, 5.41) is 13.8. The lowest BCUT2D eigenvalue weighted by Crippen LogP contribution is -2.57. The lowest BCUT2D eigenvalue weighted by molar-refractivity contribution is -0.150. The number of ether oxygens (including phenoxy) is 2. The van der Waals surface area contributed by atoms with Gasteiger partial charge in [0.05, 0.1) is 36.6 Å². The summed E-state index contributed by atoms with van der Waals surface area (Å²) in [6.07, 6.45) is 9.82. The van der Waals surface area contributed by atoms with Crippen molar-refractivity contribution in [3.05, 3.63) is 96.1 Å². The van der Waals surface area contributed by atoms with Crippen LogP contribution in [0.5, 0.6) is 0 Å². The van der Waals surface area contributed by atoms with E-state index in [2.05, 4.69) is 12.2 Å². The van der Waals surface area contributed by atoms with Gasteiger partial charge in [-0.1, -0.05) is 105 Å². The first-order valence-corrected chi connectivity index (χ1v) is 16.7. The number of amides is 3. The first kappa shape index (κ1) is 32.7. The van der Waals surface area contributed by atoms with Crippen LogP contribution >= 0.6 is 0 Å². The van der Waals surface area contributed by atoms with Gasteiger partial charge < -0.3 is 29.7 Å². The van der Waals surface area contributed by atoms with Crippen LogP contribution in [0, 0.1) is 11.8 Å². The number of aliphatic hydroxyl groups is 1. The van der Waals surface area contributed by atoms with E-state index in [1.807, 2.05) is 72.8 Å². The Labute approximate surface area is 275 Å². The number of cyclic esters (lactones) is 1. The average molecular weight is 642 g/mol. The Morgan fingerprint density at radius 3 is 2.45 bits per heavy atom. The number of carbonyl (C=O) groups excluding carboxylic acids is 4. The molecule has 10 heteroatoms. The van der Waals surface area contributed by atoms with E-state index in [1.54, 1.807) is 17.1 Å².